The van der Waals surface area contributed by atoms with Gasteiger partial charge >= 0.3 is 5.97 Å². The van der Waals surface area contributed by atoms with E-state index in [1.807, 2.05) is 26.0 Å². The number of rotatable bonds is 6. The Morgan fingerprint density at radius 2 is 2.00 bits per heavy atom. The zero-order chi connectivity index (χ0) is 22.7. The van der Waals surface area contributed by atoms with Gasteiger partial charge in [-0.25, -0.2) is 0 Å². The number of nitro benzene ring substituents is 1. The van der Waals surface area contributed by atoms with Gasteiger partial charge in [0.2, 0.25) is 5.91 Å². The number of halogens is 1. The van der Waals surface area contributed by atoms with E-state index in [0.29, 0.717) is 11.4 Å². The number of nitrogens with zero attached hydrogens (tertiary/aromatic N) is 2. The van der Waals surface area contributed by atoms with E-state index in [2.05, 4.69) is 21.2 Å². The molecular formula is C21H20BrN3O6. The van der Waals surface area contributed by atoms with E-state index in [1.165, 1.54) is 23.1 Å². The van der Waals surface area contributed by atoms with Crippen molar-refractivity contribution >= 4 is 50.8 Å². The van der Waals surface area contributed by atoms with Gasteiger partial charge in [-0.05, 0) is 43.2 Å². The lowest BCUT2D eigenvalue weighted by Gasteiger charge is -2.16. The number of nitrogens with one attached hydrogen (secondary N) is 1. The second-order valence-corrected chi connectivity index (χ2v) is 8.11. The van der Waals surface area contributed by atoms with Crippen molar-refractivity contribution in [1.82, 2.24) is 0 Å². The first-order valence-corrected chi connectivity index (χ1v) is 10.2. The van der Waals surface area contributed by atoms with Crippen LogP contribution in [0.3, 0.4) is 0 Å². The number of hydrogen-bond donors (Lipinski definition) is 1. The number of hydrogen-bond acceptors (Lipinski definition) is 6. The SMILES string of the molecule is Cc1cc(NC(=O)COC(=O)[C@H]2CC(=O)N(c3cccc([N+](=O)[O-])c3)C2)c(C)cc1Br. The number of ether oxygens (including phenoxy) is 1. The molecule has 0 aromatic heterocycles. The van der Waals surface area contributed by atoms with Gasteiger partial charge in [-0.15, -0.1) is 0 Å². The van der Waals surface area contributed by atoms with E-state index >= 15 is 0 Å². The highest BCUT2D eigenvalue weighted by molar-refractivity contribution is 9.10. The summed E-state index contributed by atoms with van der Waals surface area (Å²) in [6.07, 6.45) is -0.0891. The zero-order valence-electron chi connectivity index (χ0n) is 16.9. The summed E-state index contributed by atoms with van der Waals surface area (Å²) in [5.74, 6) is -2.25. The van der Waals surface area contributed by atoms with Crippen LogP contribution in [0.1, 0.15) is 17.5 Å². The van der Waals surface area contributed by atoms with Crippen LogP contribution in [0.4, 0.5) is 17.1 Å². The standard InChI is InChI=1S/C21H20BrN3O6/c1-12-7-18(13(2)6-17(12)22)23-19(26)11-31-21(28)14-8-20(27)24(10-14)15-4-3-5-16(9-15)25(29)30/h3-7,9,14H,8,10-11H2,1-2H3,(H,23,26)/t14-/m0/s1. The molecule has 9 nitrogen and oxygen atoms in total. The highest BCUT2D eigenvalue weighted by Crippen LogP contribution is 2.28. The number of amides is 2. The van der Waals surface area contributed by atoms with Crippen molar-refractivity contribution in [3.8, 4) is 0 Å². The van der Waals surface area contributed by atoms with Gasteiger partial charge in [0.05, 0.1) is 16.5 Å². The van der Waals surface area contributed by atoms with Crippen LogP contribution < -0.4 is 10.2 Å². The third kappa shape index (κ3) is 5.26. The minimum Gasteiger partial charge on any atom is -0.455 e. The number of benzene rings is 2. The summed E-state index contributed by atoms with van der Waals surface area (Å²) in [7, 11) is 0. The Kier molecular flexibility index (Phi) is 6.69. The summed E-state index contributed by atoms with van der Waals surface area (Å²) in [4.78, 5) is 48.6. The van der Waals surface area contributed by atoms with E-state index in [0.717, 1.165) is 15.6 Å². The van der Waals surface area contributed by atoms with Crippen molar-refractivity contribution in [3.05, 3.63) is 62.1 Å². The van der Waals surface area contributed by atoms with Crippen molar-refractivity contribution in [2.45, 2.75) is 20.3 Å². The summed E-state index contributed by atoms with van der Waals surface area (Å²) < 4.78 is 6.03. The van der Waals surface area contributed by atoms with Gasteiger partial charge in [-0.1, -0.05) is 22.0 Å². The Bertz CT molecular complexity index is 1070. The second-order valence-electron chi connectivity index (χ2n) is 7.25. The molecule has 10 heteroatoms. The largest absolute Gasteiger partial charge is 0.455 e. The topological polar surface area (TPSA) is 119 Å². The fourth-order valence-corrected chi connectivity index (χ4v) is 3.70. The van der Waals surface area contributed by atoms with Gasteiger partial charge < -0.3 is 15.0 Å². The molecule has 0 spiro atoms. The molecule has 1 saturated heterocycles. The van der Waals surface area contributed by atoms with Gasteiger partial charge in [-0.3, -0.25) is 24.5 Å². The van der Waals surface area contributed by atoms with Crippen LogP contribution in [-0.4, -0.2) is 35.9 Å². The number of esters is 1. The average Bonchev–Trinajstić information content (AvgIpc) is 3.12. The Hall–Kier alpha value is -3.27. The minimum absolute atomic E-state index is 0.0332. The van der Waals surface area contributed by atoms with E-state index in [1.54, 1.807) is 6.07 Å². The highest BCUT2D eigenvalue weighted by Gasteiger charge is 2.36. The van der Waals surface area contributed by atoms with Crippen molar-refractivity contribution < 1.29 is 24.0 Å². The van der Waals surface area contributed by atoms with Crippen molar-refractivity contribution in [3.63, 3.8) is 0 Å². The molecule has 2 aromatic carbocycles. The van der Waals surface area contributed by atoms with Crippen LogP contribution in [0.5, 0.6) is 0 Å². The molecular weight excluding hydrogens is 470 g/mol. The fraction of sp³-hybridized carbons (Fsp3) is 0.286. The smallest absolute Gasteiger partial charge is 0.311 e. The van der Waals surface area contributed by atoms with Crippen LogP contribution in [-0.2, 0) is 19.1 Å². The molecule has 1 atom stereocenters. The third-order valence-electron chi connectivity index (χ3n) is 4.94. The van der Waals surface area contributed by atoms with E-state index in [4.69, 9.17) is 4.74 Å². The fourth-order valence-electron chi connectivity index (χ4n) is 3.25. The van der Waals surface area contributed by atoms with Crippen molar-refractivity contribution in [2.24, 2.45) is 5.92 Å². The molecule has 1 aliphatic rings. The maximum Gasteiger partial charge on any atom is 0.311 e. The quantitative estimate of drug-likeness (QED) is 0.376. The maximum absolute atomic E-state index is 12.4. The molecule has 0 aliphatic carbocycles. The monoisotopic (exact) mass is 489 g/mol. The van der Waals surface area contributed by atoms with Gasteiger partial charge in [0.1, 0.15) is 0 Å². The Morgan fingerprint density at radius 3 is 2.71 bits per heavy atom. The van der Waals surface area contributed by atoms with Crippen molar-refractivity contribution in [2.75, 3.05) is 23.4 Å². The number of anilines is 2. The lowest BCUT2D eigenvalue weighted by Crippen LogP contribution is -2.28. The van der Waals surface area contributed by atoms with E-state index in [9.17, 15) is 24.5 Å². The molecule has 1 N–H and O–H groups in total. The zero-order valence-corrected chi connectivity index (χ0v) is 18.5. The molecule has 2 aromatic rings. The number of nitro groups is 1. The third-order valence-corrected chi connectivity index (χ3v) is 5.79. The molecule has 0 saturated carbocycles. The van der Waals surface area contributed by atoms with Gasteiger partial charge in [0, 0.05) is 35.3 Å². The predicted molar refractivity (Wildman–Crippen MR) is 117 cm³/mol. The first-order valence-electron chi connectivity index (χ1n) is 9.43. The maximum atomic E-state index is 12.4. The molecule has 3 rings (SSSR count). The number of aryl methyl sites for hydroxylation is 2. The molecule has 2 amide bonds. The Morgan fingerprint density at radius 1 is 1.26 bits per heavy atom. The first kappa shape index (κ1) is 22.4. The molecule has 162 valence electrons. The normalized spacial score (nSPS) is 15.6. The molecule has 0 bridgehead atoms. The van der Waals surface area contributed by atoms with Crippen LogP contribution in [0, 0.1) is 29.9 Å². The number of carbonyl (C=O) groups excluding carboxylic acids is 3. The van der Waals surface area contributed by atoms with E-state index in [-0.39, 0.29) is 24.6 Å². The Labute approximate surface area is 186 Å². The summed E-state index contributed by atoms with van der Waals surface area (Å²) in [5, 5.41) is 13.7. The van der Waals surface area contributed by atoms with Gasteiger partial charge in [-0.2, -0.15) is 0 Å². The van der Waals surface area contributed by atoms with Gasteiger partial charge in [0.25, 0.3) is 11.6 Å². The lowest BCUT2D eigenvalue weighted by molar-refractivity contribution is -0.384. The molecule has 0 radical (unpaired) electrons. The Balaban J connectivity index is 1.57. The molecule has 31 heavy (non-hydrogen) atoms. The number of carbonyl (C=O) groups is 3. The molecule has 1 aliphatic heterocycles. The first-order chi connectivity index (χ1) is 14.7. The predicted octanol–water partition coefficient (Wildman–Crippen LogP) is 3.51. The van der Waals surface area contributed by atoms with Crippen LogP contribution >= 0.6 is 15.9 Å². The lowest BCUT2D eigenvalue weighted by atomic mass is 10.1. The summed E-state index contributed by atoms with van der Waals surface area (Å²) >= 11 is 3.42. The molecule has 0 unspecified atom stereocenters. The van der Waals surface area contributed by atoms with Crippen LogP contribution in [0.25, 0.3) is 0 Å². The van der Waals surface area contributed by atoms with Crippen LogP contribution in [0.15, 0.2) is 40.9 Å². The second kappa shape index (κ2) is 9.25. The van der Waals surface area contributed by atoms with Crippen LogP contribution in [0.2, 0.25) is 0 Å². The molecule has 1 heterocycles. The molecule has 1 fully saturated rings. The highest BCUT2D eigenvalue weighted by atomic mass is 79.9. The van der Waals surface area contributed by atoms with Gasteiger partial charge in [0.15, 0.2) is 6.61 Å². The summed E-state index contributed by atoms with van der Waals surface area (Å²) in [6.45, 7) is 3.29. The minimum atomic E-state index is -0.753. The average molecular weight is 490 g/mol. The number of non-ortho nitro benzene ring substituents is 1. The van der Waals surface area contributed by atoms with Crippen molar-refractivity contribution in [1.29, 1.82) is 0 Å². The summed E-state index contributed by atoms with van der Waals surface area (Å²) in [6, 6.07) is 9.33. The summed E-state index contributed by atoms with van der Waals surface area (Å²) in [5.41, 5.74) is 2.61. The van der Waals surface area contributed by atoms with E-state index < -0.39 is 29.3 Å².